The third kappa shape index (κ3) is 4.00. The standard InChI is InChI=1S/C19H24FN5O2/c20-14-8-6-13(7-9-14)19-21-23-24(22-19)10-2-5-18(27)25-15-3-1-4-16(25)12-17(26)11-15/h6-9,15-17,26H,1-5,10-12H2/t15-,16+,17?. The molecule has 2 bridgehead atoms. The number of benzene rings is 1. The van der Waals surface area contributed by atoms with Crippen molar-refractivity contribution >= 4 is 5.91 Å². The van der Waals surface area contributed by atoms with Gasteiger partial charge in [-0.15, -0.1) is 10.2 Å². The third-order valence-electron chi connectivity index (χ3n) is 5.54. The normalized spacial score (nSPS) is 24.8. The Morgan fingerprint density at radius 3 is 2.59 bits per heavy atom. The molecule has 1 aromatic carbocycles. The molecule has 1 unspecified atom stereocenters. The molecule has 1 aromatic heterocycles. The number of amides is 1. The van der Waals surface area contributed by atoms with E-state index in [1.165, 1.54) is 16.9 Å². The van der Waals surface area contributed by atoms with Gasteiger partial charge in [-0.3, -0.25) is 4.79 Å². The molecule has 0 spiro atoms. The minimum atomic E-state index is -0.306. The molecule has 4 rings (SSSR count). The van der Waals surface area contributed by atoms with Gasteiger partial charge in [0.1, 0.15) is 5.82 Å². The third-order valence-corrected chi connectivity index (χ3v) is 5.54. The Kier molecular flexibility index (Phi) is 5.15. The van der Waals surface area contributed by atoms with E-state index in [1.54, 1.807) is 12.1 Å². The summed E-state index contributed by atoms with van der Waals surface area (Å²) < 4.78 is 13.0. The van der Waals surface area contributed by atoms with Gasteiger partial charge in [-0.1, -0.05) is 0 Å². The maximum atomic E-state index is 13.0. The van der Waals surface area contributed by atoms with Crippen molar-refractivity contribution in [3.05, 3.63) is 30.1 Å². The van der Waals surface area contributed by atoms with Crippen LogP contribution in [0.4, 0.5) is 4.39 Å². The molecular weight excluding hydrogens is 349 g/mol. The molecular formula is C19H24FN5O2. The second kappa shape index (κ2) is 7.72. The Bertz CT molecular complexity index is 780. The van der Waals surface area contributed by atoms with Crippen molar-refractivity contribution in [2.75, 3.05) is 0 Å². The number of tetrazole rings is 1. The topological polar surface area (TPSA) is 84.1 Å². The van der Waals surface area contributed by atoms with Crippen LogP contribution < -0.4 is 0 Å². The van der Waals surface area contributed by atoms with E-state index in [9.17, 15) is 14.3 Å². The monoisotopic (exact) mass is 373 g/mol. The summed E-state index contributed by atoms with van der Waals surface area (Å²) in [5.74, 6) is 0.302. The molecule has 2 aromatic rings. The van der Waals surface area contributed by atoms with Crippen molar-refractivity contribution < 1.29 is 14.3 Å². The number of aliphatic hydroxyl groups is 1. The number of carbonyl (C=O) groups is 1. The fourth-order valence-corrected chi connectivity index (χ4v) is 4.31. The number of carbonyl (C=O) groups excluding carboxylic acids is 1. The van der Waals surface area contributed by atoms with Crippen LogP contribution in [0.5, 0.6) is 0 Å². The second-order valence-corrected chi connectivity index (χ2v) is 7.48. The summed E-state index contributed by atoms with van der Waals surface area (Å²) in [7, 11) is 0. The van der Waals surface area contributed by atoms with Gasteiger partial charge in [0.2, 0.25) is 11.7 Å². The minimum Gasteiger partial charge on any atom is -0.393 e. The van der Waals surface area contributed by atoms with Crippen molar-refractivity contribution in [3.63, 3.8) is 0 Å². The average Bonchev–Trinajstić information content (AvgIpc) is 3.10. The van der Waals surface area contributed by atoms with Gasteiger partial charge in [0.05, 0.1) is 12.6 Å². The highest BCUT2D eigenvalue weighted by atomic mass is 19.1. The SMILES string of the molecule is O=C(CCCn1nnc(-c2ccc(F)cc2)n1)N1[C@@H]2CCC[C@H]1CC(O)C2. The average molecular weight is 373 g/mol. The van der Waals surface area contributed by atoms with Crippen LogP contribution in [0.25, 0.3) is 11.4 Å². The number of aromatic nitrogens is 4. The molecule has 0 aliphatic carbocycles. The Balaban J connectivity index is 1.31. The Hall–Kier alpha value is -2.35. The van der Waals surface area contributed by atoms with E-state index < -0.39 is 0 Å². The number of hydrogen-bond donors (Lipinski definition) is 1. The van der Waals surface area contributed by atoms with E-state index >= 15 is 0 Å². The van der Waals surface area contributed by atoms with Crippen LogP contribution in [0.2, 0.25) is 0 Å². The highest BCUT2D eigenvalue weighted by molar-refractivity contribution is 5.77. The van der Waals surface area contributed by atoms with Crippen LogP contribution >= 0.6 is 0 Å². The first kappa shape index (κ1) is 18.0. The van der Waals surface area contributed by atoms with E-state index in [-0.39, 0.29) is 29.9 Å². The molecule has 3 heterocycles. The van der Waals surface area contributed by atoms with Crippen LogP contribution in [-0.2, 0) is 11.3 Å². The lowest BCUT2D eigenvalue weighted by molar-refractivity contribution is -0.144. The van der Waals surface area contributed by atoms with Crippen molar-refractivity contribution in [2.45, 2.75) is 69.7 Å². The maximum absolute atomic E-state index is 13.0. The van der Waals surface area contributed by atoms with Crippen LogP contribution in [0.3, 0.4) is 0 Å². The number of piperidine rings is 2. The molecule has 1 amide bonds. The molecule has 3 atom stereocenters. The van der Waals surface area contributed by atoms with Crippen molar-refractivity contribution in [1.29, 1.82) is 0 Å². The van der Waals surface area contributed by atoms with Crippen LogP contribution in [0.1, 0.15) is 44.9 Å². The van der Waals surface area contributed by atoms with Gasteiger partial charge < -0.3 is 10.0 Å². The number of aliphatic hydroxyl groups excluding tert-OH is 1. The summed E-state index contributed by atoms with van der Waals surface area (Å²) in [5.41, 5.74) is 0.707. The zero-order valence-corrected chi connectivity index (χ0v) is 15.2. The number of halogens is 1. The van der Waals surface area contributed by atoms with E-state index in [1.807, 2.05) is 4.90 Å². The summed E-state index contributed by atoms with van der Waals surface area (Å²) in [6, 6.07) is 6.33. The van der Waals surface area contributed by atoms with Crippen molar-refractivity contribution in [1.82, 2.24) is 25.1 Å². The Morgan fingerprint density at radius 2 is 1.89 bits per heavy atom. The molecule has 7 nitrogen and oxygen atoms in total. The van der Waals surface area contributed by atoms with Gasteiger partial charge in [0.15, 0.2) is 0 Å². The number of hydrogen-bond acceptors (Lipinski definition) is 5. The zero-order valence-electron chi connectivity index (χ0n) is 15.2. The predicted molar refractivity (Wildman–Crippen MR) is 96.0 cm³/mol. The summed E-state index contributed by atoms with van der Waals surface area (Å²) >= 11 is 0. The summed E-state index contributed by atoms with van der Waals surface area (Å²) in [6.45, 7) is 0.506. The number of aryl methyl sites for hydroxylation is 1. The second-order valence-electron chi connectivity index (χ2n) is 7.48. The Morgan fingerprint density at radius 1 is 1.19 bits per heavy atom. The molecule has 27 heavy (non-hydrogen) atoms. The fraction of sp³-hybridized carbons (Fsp3) is 0.579. The van der Waals surface area contributed by atoms with Gasteiger partial charge in [-0.2, -0.15) is 4.80 Å². The van der Waals surface area contributed by atoms with Gasteiger partial charge >= 0.3 is 0 Å². The molecule has 0 radical (unpaired) electrons. The van der Waals surface area contributed by atoms with Crippen LogP contribution in [0, 0.1) is 5.82 Å². The smallest absolute Gasteiger partial charge is 0.223 e. The lowest BCUT2D eigenvalue weighted by Crippen LogP contribution is -2.55. The van der Waals surface area contributed by atoms with Gasteiger partial charge in [0, 0.05) is 24.1 Å². The molecule has 0 saturated carbocycles. The van der Waals surface area contributed by atoms with E-state index in [0.29, 0.717) is 43.6 Å². The van der Waals surface area contributed by atoms with Gasteiger partial charge in [-0.05, 0) is 68.0 Å². The maximum Gasteiger partial charge on any atom is 0.223 e. The van der Waals surface area contributed by atoms with Crippen LogP contribution in [0.15, 0.2) is 24.3 Å². The number of fused-ring (bicyclic) bond motifs is 2. The lowest BCUT2D eigenvalue weighted by atomic mass is 9.82. The first-order valence-electron chi connectivity index (χ1n) is 9.63. The molecule has 2 aliphatic heterocycles. The molecule has 1 N–H and O–H groups in total. The molecule has 2 saturated heterocycles. The molecule has 2 fully saturated rings. The van der Waals surface area contributed by atoms with Crippen LogP contribution in [-0.4, -0.2) is 54.3 Å². The summed E-state index contributed by atoms with van der Waals surface area (Å²) in [4.78, 5) is 16.2. The first-order valence-corrected chi connectivity index (χ1v) is 9.63. The highest BCUT2D eigenvalue weighted by Gasteiger charge is 2.39. The molecule has 8 heteroatoms. The van der Waals surface area contributed by atoms with Crippen molar-refractivity contribution in [2.24, 2.45) is 0 Å². The van der Waals surface area contributed by atoms with E-state index in [2.05, 4.69) is 15.4 Å². The number of rotatable bonds is 5. The zero-order chi connectivity index (χ0) is 18.8. The van der Waals surface area contributed by atoms with Crippen molar-refractivity contribution in [3.8, 4) is 11.4 Å². The lowest BCUT2D eigenvalue weighted by Gasteiger charge is -2.47. The Labute approximate surface area is 157 Å². The predicted octanol–water partition coefficient (Wildman–Crippen LogP) is 2.16. The molecule has 2 aliphatic rings. The summed E-state index contributed by atoms with van der Waals surface area (Å²) in [6.07, 6.45) is 5.33. The van der Waals surface area contributed by atoms with E-state index in [4.69, 9.17) is 0 Å². The first-order chi connectivity index (χ1) is 13.1. The minimum absolute atomic E-state index is 0.162. The quantitative estimate of drug-likeness (QED) is 0.868. The fourth-order valence-electron chi connectivity index (χ4n) is 4.31. The van der Waals surface area contributed by atoms with E-state index in [0.717, 1.165) is 19.3 Å². The largest absolute Gasteiger partial charge is 0.393 e. The highest BCUT2D eigenvalue weighted by Crippen LogP contribution is 2.34. The molecule has 144 valence electrons. The number of nitrogens with zero attached hydrogens (tertiary/aromatic N) is 5. The van der Waals surface area contributed by atoms with Gasteiger partial charge in [-0.25, -0.2) is 4.39 Å². The van der Waals surface area contributed by atoms with Gasteiger partial charge in [0.25, 0.3) is 0 Å². The summed E-state index contributed by atoms with van der Waals surface area (Å²) in [5, 5.41) is 22.3.